The number of hydrogen-bond donors (Lipinski definition) is 0. The lowest BCUT2D eigenvalue weighted by Crippen LogP contribution is -2.07. The number of ether oxygens (including phenoxy) is 1. The van der Waals surface area contributed by atoms with E-state index in [4.69, 9.17) is 16.3 Å². The predicted molar refractivity (Wildman–Crippen MR) is 56.9 cm³/mol. The van der Waals surface area contributed by atoms with Gasteiger partial charge in [-0.25, -0.2) is 9.18 Å². The molecule has 0 radical (unpaired) electrons. The summed E-state index contributed by atoms with van der Waals surface area (Å²) in [4.78, 5) is 11.4. The molecule has 0 heterocycles. The molecule has 0 aliphatic rings. The largest absolute Gasteiger partial charge is 0.462 e. The minimum Gasteiger partial charge on any atom is -0.462 e. The van der Waals surface area contributed by atoms with Gasteiger partial charge in [0.15, 0.2) is 0 Å². The molecule has 0 bridgehead atoms. The fourth-order valence-electron chi connectivity index (χ4n) is 1.10. The average Bonchev–Trinajstić information content (AvgIpc) is 2.22. The Balaban J connectivity index is 3.04. The van der Waals surface area contributed by atoms with Crippen LogP contribution in [0.25, 0.3) is 5.57 Å². The van der Waals surface area contributed by atoms with Crippen LogP contribution in [0.3, 0.4) is 0 Å². The topological polar surface area (TPSA) is 26.3 Å². The van der Waals surface area contributed by atoms with Crippen LogP contribution >= 0.6 is 11.6 Å². The van der Waals surface area contributed by atoms with Crippen LogP contribution in [0.4, 0.5) is 4.39 Å². The first kappa shape index (κ1) is 11.7. The molecule has 0 aliphatic heterocycles. The van der Waals surface area contributed by atoms with Gasteiger partial charge in [-0.3, -0.25) is 0 Å². The van der Waals surface area contributed by atoms with Gasteiger partial charge in [0, 0.05) is 11.1 Å². The Morgan fingerprint density at radius 3 is 2.73 bits per heavy atom. The Labute approximate surface area is 92.3 Å². The zero-order valence-corrected chi connectivity index (χ0v) is 8.92. The summed E-state index contributed by atoms with van der Waals surface area (Å²) in [7, 11) is 0. The summed E-state index contributed by atoms with van der Waals surface area (Å²) in [5.41, 5.74) is 1.19. The summed E-state index contributed by atoms with van der Waals surface area (Å²) in [5, 5.41) is 0. The monoisotopic (exact) mass is 228 g/mol. The predicted octanol–water partition coefficient (Wildman–Crippen LogP) is 2.97. The van der Waals surface area contributed by atoms with Gasteiger partial charge in [-0.2, -0.15) is 0 Å². The molecule has 0 atom stereocenters. The van der Waals surface area contributed by atoms with E-state index in [2.05, 4.69) is 0 Å². The van der Waals surface area contributed by atoms with E-state index in [-0.39, 0.29) is 17.7 Å². The summed E-state index contributed by atoms with van der Waals surface area (Å²) in [6, 6.07) is 5.89. The van der Waals surface area contributed by atoms with Crippen LogP contribution in [0.5, 0.6) is 0 Å². The fourth-order valence-corrected chi connectivity index (χ4v) is 1.31. The molecule has 0 amide bonds. The molecular formula is C11H10ClFO2. The number of hydrogen-bond acceptors (Lipinski definition) is 2. The maximum Gasteiger partial charge on any atom is 0.339 e. The second-order valence-corrected chi connectivity index (χ2v) is 2.94. The Morgan fingerprint density at radius 2 is 2.20 bits per heavy atom. The average molecular weight is 229 g/mol. The van der Waals surface area contributed by atoms with Crippen LogP contribution in [0.15, 0.2) is 29.8 Å². The first-order valence-electron chi connectivity index (χ1n) is 4.43. The molecule has 80 valence electrons. The normalized spacial score (nSPS) is 11.3. The zero-order valence-electron chi connectivity index (χ0n) is 8.17. The van der Waals surface area contributed by atoms with E-state index in [9.17, 15) is 9.18 Å². The lowest BCUT2D eigenvalue weighted by atomic mass is 10.1. The van der Waals surface area contributed by atoms with E-state index in [1.165, 1.54) is 18.2 Å². The van der Waals surface area contributed by atoms with Gasteiger partial charge >= 0.3 is 5.97 Å². The molecule has 0 aromatic heterocycles. The number of carbonyl (C=O) groups excluding carboxylic acids is 1. The molecule has 1 rings (SSSR count). The van der Waals surface area contributed by atoms with Crippen LogP contribution < -0.4 is 0 Å². The molecule has 0 saturated carbocycles. The molecule has 0 spiro atoms. The number of benzene rings is 1. The van der Waals surface area contributed by atoms with E-state index >= 15 is 0 Å². The van der Waals surface area contributed by atoms with Crippen molar-refractivity contribution in [3.05, 3.63) is 41.2 Å². The molecule has 15 heavy (non-hydrogen) atoms. The molecule has 0 N–H and O–H groups in total. The molecule has 0 unspecified atom stereocenters. The second kappa shape index (κ2) is 5.51. The molecule has 1 aromatic rings. The molecule has 0 saturated heterocycles. The van der Waals surface area contributed by atoms with Crippen molar-refractivity contribution in [3.63, 3.8) is 0 Å². The van der Waals surface area contributed by atoms with Crippen molar-refractivity contribution < 1.29 is 13.9 Å². The van der Waals surface area contributed by atoms with Gasteiger partial charge in [0.1, 0.15) is 5.82 Å². The van der Waals surface area contributed by atoms with Crippen LogP contribution in [-0.2, 0) is 9.53 Å². The van der Waals surface area contributed by atoms with Crippen LogP contribution in [0.1, 0.15) is 12.5 Å². The molecule has 4 heteroatoms. The van der Waals surface area contributed by atoms with Crippen molar-refractivity contribution in [1.82, 2.24) is 0 Å². The Kier molecular flexibility index (Phi) is 4.31. The van der Waals surface area contributed by atoms with E-state index in [0.717, 1.165) is 5.54 Å². The highest BCUT2D eigenvalue weighted by molar-refractivity contribution is 6.34. The minimum absolute atomic E-state index is 0.0246. The Morgan fingerprint density at radius 1 is 1.53 bits per heavy atom. The molecule has 0 aliphatic carbocycles. The lowest BCUT2D eigenvalue weighted by molar-refractivity contribution is -0.136. The first-order chi connectivity index (χ1) is 7.20. The maximum absolute atomic E-state index is 13.3. The molecular weight excluding hydrogens is 219 g/mol. The van der Waals surface area contributed by atoms with E-state index < -0.39 is 11.8 Å². The lowest BCUT2D eigenvalue weighted by Gasteiger charge is -2.06. The number of halogens is 2. The first-order valence-corrected chi connectivity index (χ1v) is 4.86. The molecule has 1 aromatic carbocycles. The summed E-state index contributed by atoms with van der Waals surface area (Å²) < 4.78 is 18.1. The summed E-state index contributed by atoms with van der Waals surface area (Å²) >= 11 is 5.48. The van der Waals surface area contributed by atoms with Crippen molar-refractivity contribution in [2.24, 2.45) is 0 Å². The van der Waals surface area contributed by atoms with Gasteiger partial charge in [-0.1, -0.05) is 29.8 Å². The highest BCUT2D eigenvalue weighted by Crippen LogP contribution is 2.20. The van der Waals surface area contributed by atoms with Crippen molar-refractivity contribution in [2.75, 3.05) is 6.61 Å². The van der Waals surface area contributed by atoms with E-state index in [1.807, 2.05) is 0 Å². The van der Waals surface area contributed by atoms with Gasteiger partial charge in [0.05, 0.1) is 12.2 Å². The third kappa shape index (κ3) is 2.80. The van der Waals surface area contributed by atoms with Crippen LogP contribution in [0, 0.1) is 5.82 Å². The fraction of sp³-hybridized carbons (Fsp3) is 0.182. The Hall–Kier alpha value is -1.35. The highest BCUT2D eigenvalue weighted by atomic mass is 35.5. The third-order valence-corrected chi connectivity index (χ3v) is 1.99. The number of esters is 1. The van der Waals surface area contributed by atoms with Gasteiger partial charge in [0.25, 0.3) is 0 Å². The van der Waals surface area contributed by atoms with E-state index in [0.29, 0.717) is 0 Å². The number of carbonyl (C=O) groups is 1. The molecule has 0 fully saturated rings. The SMILES string of the molecule is CCOC(=O)C(=CCl)c1ccccc1F. The van der Waals surface area contributed by atoms with Crippen molar-refractivity contribution >= 4 is 23.1 Å². The Bertz CT molecular complexity index is 388. The van der Waals surface area contributed by atoms with Crippen molar-refractivity contribution in [2.45, 2.75) is 6.92 Å². The number of rotatable bonds is 3. The maximum atomic E-state index is 13.3. The highest BCUT2D eigenvalue weighted by Gasteiger charge is 2.15. The van der Waals surface area contributed by atoms with Gasteiger partial charge in [-0.05, 0) is 13.0 Å². The van der Waals surface area contributed by atoms with Gasteiger partial charge in [0.2, 0.25) is 0 Å². The second-order valence-electron chi connectivity index (χ2n) is 2.72. The third-order valence-electron chi connectivity index (χ3n) is 1.77. The smallest absolute Gasteiger partial charge is 0.339 e. The van der Waals surface area contributed by atoms with Gasteiger partial charge < -0.3 is 4.74 Å². The van der Waals surface area contributed by atoms with Crippen molar-refractivity contribution in [1.29, 1.82) is 0 Å². The zero-order chi connectivity index (χ0) is 11.3. The summed E-state index contributed by atoms with van der Waals surface area (Å²) in [5.74, 6) is -1.13. The standard InChI is InChI=1S/C11H10ClFO2/c1-2-15-11(14)9(7-12)8-5-3-4-6-10(8)13/h3-7H,2H2,1H3. The summed E-state index contributed by atoms with van der Waals surface area (Å²) in [6.07, 6.45) is 0. The minimum atomic E-state index is -0.627. The van der Waals surface area contributed by atoms with Crippen LogP contribution in [-0.4, -0.2) is 12.6 Å². The van der Waals surface area contributed by atoms with Gasteiger partial charge in [-0.15, -0.1) is 0 Å². The quantitative estimate of drug-likeness (QED) is 0.587. The van der Waals surface area contributed by atoms with E-state index in [1.54, 1.807) is 13.0 Å². The molecule has 2 nitrogen and oxygen atoms in total. The van der Waals surface area contributed by atoms with Crippen LogP contribution in [0.2, 0.25) is 0 Å². The summed E-state index contributed by atoms with van der Waals surface area (Å²) in [6.45, 7) is 1.90. The van der Waals surface area contributed by atoms with Crippen molar-refractivity contribution in [3.8, 4) is 0 Å².